The molecule has 0 saturated carbocycles. The highest BCUT2D eigenvalue weighted by atomic mass is 16.7. The molecule has 9 nitrogen and oxygen atoms in total. The second-order valence-electron chi connectivity index (χ2n) is 10.4. The van der Waals surface area contributed by atoms with Crippen LogP contribution in [-0.2, 0) is 33.8 Å². The molecule has 0 bridgehead atoms. The lowest BCUT2D eigenvalue weighted by Crippen LogP contribution is -2.41. The Hall–Kier alpha value is -3.89. The summed E-state index contributed by atoms with van der Waals surface area (Å²) in [6.07, 6.45) is 1.58. The van der Waals surface area contributed by atoms with Crippen LogP contribution in [-0.4, -0.2) is 56.1 Å². The topological polar surface area (TPSA) is 98.7 Å². The maximum Gasteiger partial charge on any atom is 0.411 e. The monoisotopic (exact) mass is 574 g/mol. The number of amides is 1. The van der Waals surface area contributed by atoms with Crippen LogP contribution in [0.4, 0.5) is 10.5 Å². The van der Waals surface area contributed by atoms with E-state index < -0.39 is 12.4 Å². The fraction of sp³-hybridized carbons (Fsp3) is 0.364. The first-order valence-electron chi connectivity index (χ1n) is 14.1. The van der Waals surface area contributed by atoms with Gasteiger partial charge in [0.2, 0.25) is 0 Å². The van der Waals surface area contributed by atoms with Crippen LogP contribution in [0.25, 0.3) is 0 Å². The van der Waals surface area contributed by atoms with Crippen molar-refractivity contribution in [1.29, 1.82) is 0 Å². The van der Waals surface area contributed by atoms with Gasteiger partial charge in [0.1, 0.15) is 6.61 Å². The predicted octanol–water partition coefficient (Wildman–Crippen LogP) is 5.53. The van der Waals surface area contributed by atoms with Gasteiger partial charge in [0.15, 0.2) is 17.8 Å². The van der Waals surface area contributed by atoms with Gasteiger partial charge in [-0.05, 0) is 52.9 Å². The molecule has 5 rings (SSSR count). The van der Waals surface area contributed by atoms with E-state index in [4.69, 9.17) is 23.7 Å². The summed E-state index contributed by atoms with van der Waals surface area (Å²) in [5.74, 6) is 1.48. The van der Waals surface area contributed by atoms with E-state index in [-0.39, 0.29) is 25.4 Å². The average Bonchev–Trinajstić information content (AvgIpc) is 3.03. The molecule has 2 heterocycles. The number of methoxy groups -OCH3 is 2. The first-order valence-corrected chi connectivity index (χ1v) is 14.1. The van der Waals surface area contributed by atoms with E-state index in [0.717, 1.165) is 54.2 Å². The number of hydrogen-bond acceptors (Lipinski definition) is 8. The number of carbonyl (C=O) groups excluding carboxylic acids is 1. The molecule has 2 aliphatic heterocycles. The molecule has 1 amide bonds. The molecule has 3 atom stereocenters. The number of aliphatic hydroxyl groups is 1. The number of hydrogen-bond donors (Lipinski definition) is 2. The van der Waals surface area contributed by atoms with Crippen molar-refractivity contribution in [1.82, 2.24) is 4.90 Å². The van der Waals surface area contributed by atoms with Crippen LogP contribution >= 0.6 is 0 Å². The van der Waals surface area contributed by atoms with Gasteiger partial charge in [-0.1, -0.05) is 49.1 Å². The van der Waals surface area contributed by atoms with E-state index in [1.165, 1.54) is 17.2 Å². The zero-order valence-electron chi connectivity index (χ0n) is 24.1. The van der Waals surface area contributed by atoms with Crippen molar-refractivity contribution in [2.24, 2.45) is 0 Å². The predicted molar refractivity (Wildman–Crippen MR) is 159 cm³/mol. The van der Waals surface area contributed by atoms with Crippen LogP contribution in [0, 0.1) is 0 Å². The number of rotatable bonds is 10. The highest BCUT2D eigenvalue weighted by Crippen LogP contribution is 2.39. The quantitative estimate of drug-likeness (QED) is 0.305. The minimum atomic E-state index is -0.640. The van der Waals surface area contributed by atoms with E-state index in [2.05, 4.69) is 28.9 Å². The molecule has 0 aliphatic carbocycles. The number of anilines is 1. The van der Waals surface area contributed by atoms with Crippen LogP contribution in [0.5, 0.6) is 11.5 Å². The molecule has 0 spiro atoms. The third-order valence-corrected chi connectivity index (χ3v) is 7.61. The van der Waals surface area contributed by atoms with Crippen LogP contribution in [0.15, 0.2) is 73.3 Å². The van der Waals surface area contributed by atoms with Gasteiger partial charge < -0.3 is 28.8 Å². The molecule has 9 heteroatoms. The SMILES string of the molecule is C=CCOC(=O)Nc1cccc([C@@H]2O[C@H](CN3CCc4cc(OC)c(OC)cc4C3)C[C@H](c3ccc(CO)cc3)O2)c1. The highest BCUT2D eigenvalue weighted by molar-refractivity contribution is 5.84. The summed E-state index contributed by atoms with van der Waals surface area (Å²) in [6, 6.07) is 19.4. The summed E-state index contributed by atoms with van der Waals surface area (Å²) in [5, 5.41) is 12.3. The zero-order valence-corrected chi connectivity index (χ0v) is 24.1. The number of benzene rings is 3. The van der Waals surface area contributed by atoms with Gasteiger partial charge in [0, 0.05) is 37.3 Å². The Kier molecular flexibility index (Phi) is 9.76. The Labute approximate surface area is 246 Å². The number of carbonyl (C=O) groups is 1. The molecule has 1 fully saturated rings. The molecular formula is C33H38N2O7. The van der Waals surface area contributed by atoms with Gasteiger partial charge in [0.05, 0.1) is 33.0 Å². The Morgan fingerprint density at radius 1 is 1.05 bits per heavy atom. The second kappa shape index (κ2) is 13.8. The minimum absolute atomic E-state index is 0.0116. The summed E-state index contributed by atoms with van der Waals surface area (Å²) in [7, 11) is 3.31. The molecule has 2 N–H and O–H groups in total. The molecular weight excluding hydrogens is 536 g/mol. The normalized spacial score (nSPS) is 20.3. The van der Waals surface area contributed by atoms with Crippen molar-refractivity contribution in [3.05, 3.63) is 101 Å². The minimum Gasteiger partial charge on any atom is -0.493 e. The van der Waals surface area contributed by atoms with Gasteiger partial charge >= 0.3 is 6.09 Å². The van der Waals surface area contributed by atoms with Crippen molar-refractivity contribution < 1.29 is 33.6 Å². The average molecular weight is 575 g/mol. The molecule has 222 valence electrons. The number of nitrogens with one attached hydrogen (secondary N) is 1. The Bertz CT molecular complexity index is 1380. The standard InChI is InChI=1S/C33H38N2O7/c1-4-14-40-33(37)34-27-7-5-6-25(15-27)32-41-28(18-29(42-32)23-10-8-22(21-36)9-11-23)20-35-13-12-24-16-30(38-2)31(39-3)17-26(24)19-35/h4-11,15-17,28-29,32,36H,1,12-14,18-21H2,2-3H3,(H,34,37)/t28-,29+,32+/m0/s1. The molecule has 0 unspecified atom stereocenters. The zero-order chi connectivity index (χ0) is 29.5. The molecule has 0 radical (unpaired) electrons. The molecule has 3 aromatic carbocycles. The first-order chi connectivity index (χ1) is 20.5. The number of aliphatic hydroxyl groups excluding tert-OH is 1. The van der Waals surface area contributed by atoms with Gasteiger partial charge in [0.25, 0.3) is 0 Å². The summed E-state index contributed by atoms with van der Waals surface area (Å²) in [4.78, 5) is 14.5. The van der Waals surface area contributed by atoms with Gasteiger partial charge in [-0.25, -0.2) is 4.79 Å². The fourth-order valence-electron chi connectivity index (χ4n) is 5.47. The Balaban J connectivity index is 1.35. The van der Waals surface area contributed by atoms with Crippen molar-refractivity contribution in [3.63, 3.8) is 0 Å². The maximum atomic E-state index is 12.1. The van der Waals surface area contributed by atoms with Crippen LogP contribution < -0.4 is 14.8 Å². The summed E-state index contributed by atoms with van der Waals surface area (Å²) in [5.41, 5.74) is 5.73. The molecule has 1 saturated heterocycles. The number of ether oxygens (including phenoxy) is 5. The molecule has 42 heavy (non-hydrogen) atoms. The van der Waals surface area contributed by atoms with Crippen molar-refractivity contribution in [3.8, 4) is 11.5 Å². The van der Waals surface area contributed by atoms with Crippen molar-refractivity contribution in [2.75, 3.05) is 39.2 Å². The van der Waals surface area contributed by atoms with Gasteiger partial charge in [-0.2, -0.15) is 0 Å². The maximum absolute atomic E-state index is 12.1. The molecule has 3 aromatic rings. The van der Waals surface area contributed by atoms with Crippen molar-refractivity contribution >= 4 is 11.8 Å². The number of nitrogens with zero attached hydrogens (tertiary/aromatic N) is 1. The fourth-order valence-corrected chi connectivity index (χ4v) is 5.47. The number of fused-ring (bicyclic) bond motifs is 1. The van der Waals surface area contributed by atoms with Gasteiger partial charge in [-0.15, -0.1) is 0 Å². The third kappa shape index (κ3) is 7.11. The summed E-state index contributed by atoms with van der Waals surface area (Å²) < 4.78 is 29.2. The van der Waals surface area contributed by atoms with Crippen LogP contribution in [0.1, 0.15) is 46.6 Å². The van der Waals surface area contributed by atoms with E-state index in [1.54, 1.807) is 20.3 Å². The van der Waals surface area contributed by atoms with E-state index >= 15 is 0 Å². The third-order valence-electron chi connectivity index (χ3n) is 7.61. The van der Waals surface area contributed by atoms with Gasteiger partial charge in [-0.3, -0.25) is 10.2 Å². The lowest BCUT2D eigenvalue weighted by molar-refractivity contribution is -0.253. The van der Waals surface area contributed by atoms with Crippen LogP contribution in [0.3, 0.4) is 0 Å². The van der Waals surface area contributed by atoms with Crippen LogP contribution in [0.2, 0.25) is 0 Å². The molecule has 0 aromatic heterocycles. The van der Waals surface area contributed by atoms with Crippen molar-refractivity contribution in [2.45, 2.75) is 44.5 Å². The van der Waals surface area contributed by atoms with E-state index in [9.17, 15) is 9.90 Å². The highest BCUT2D eigenvalue weighted by Gasteiger charge is 2.34. The lowest BCUT2D eigenvalue weighted by Gasteiger charge is -2.39. The second-order valence-corrected chi connectivity index (χ2v) is 10.4. The smallest absolute Gasteiger partial charge is 0.411 e. The molecule has 2 aliphatic rings. The van der Waals surface area contributed by atoms with E-state index in [0.29, 0.717) is 12.1 Å². The van der Waals surface area contributed by atoms with E-state index in [1.807, 2.05) is 42.5 Å². The Morgan fingerprint density at radius 3 is 2.52 bits per heavy atom. The summed E-state index contributed by atoms with van der Waals surface area (Å²) >= 11 is 0. The Morgan fingerprint density at radius 2 is 1.81 bits per heavy atom. The summed E-state index contributed by atoms with van der Waals surface area (Å²) in [6.45, 7) is 6.09. The lowest BCUT2D eigenvalue weighted by atomic mass is 9.97. The largest absolute Gasteiger partial charge is 0.493 e. The first kappa shape index (κ1) is 29.6.